The van der Waals surface area contributed by atoms with Crippen LogP contribution in [0.25, 0.3) is 0 Å². The number of urea groups is 1. The summed E-state index contributed by atoms with van der Waals surface area (Å²) >= 11 is 1.04. The fourth-order valence-electron chi connectivity index (χ4n) is 3.54. The van der Waals surface area contributed by atoms with Crippen molar-refractivity contribution in [3.8, 4) is 5.75 Å². The van der Waals surface area contributed by atoms with Crippen LogP contribution in [-0.2, 0) is 19.1 Å². The first-order chi connectivity index (χ1) is 16.8. The maximum absolute atomic E-state index is 13.3. The van der Waals surface area contributed by atoms with Crippen molar-refractivity contribution in [3.63, 3.8) is 0 Å². The Balaban J connectivity index is 1.77. The summed E-state index contributed by atoms with van der Waals surface area (Å²) in [6.07, 6.45) is 0.540. The second-order valence-corrected chi connectivity index (χ2v) is 8.71. The van der Waals surface area contributed by atoms with E-state index in [4.69, 9.17) is 9.47 Å². The number of anilines is 1. The minimum absolute atomic E-state index is 0.0533. The Bertz CT molecular complexity index is 1070. The molecule has 2 heterocycles. The van der Waals surface area contributed by atoms with E-state index in [-0.39, 0.29) is 16.7 Å². The van der Waals surface area contributed by atoms with Crippen molar-refractivity contribution in [3.05, 3.63) is 40.9 Å². The van der Waals surface area contributed by atoms with Crippen LogP contribution in [0.3, 0.4) is 0 Å². The molecule has 2 N–H and O–H groups in total. The number of carbonyl (C=O) groups is 4. The number of hydrogen-bond acceptors (Lipinski definition) is 9. The second kappa shape index (κ2) is 11.8. The maximum atomic E-state index is 13.3. The van der Waals surface area contributed by atoms with E-state index in [0.29, 0.717) is 30.9 Å². The minimum Gasteiger partial charge on any atom is -0.491 e. The first-order valence-electron chi connectivity index (χ1n) is 11.0. The third-order valence-electron chi connectivity index (χ3n) is 5.60. The molecule has 1 aliphatic heterocycles. The third-order valence-corrected chi connectivity index (χ3v) is 6.36. The molecule has 0 aliphatic carbocycles. The number of aromatic nitrogens is 1. The molecule has 1 fully saturated rings. The van der Waals surface area contributed by atoms with E-state index in [1.807, 2.05) is 6.92 Å². The van der Waals surface area contributed by atoms with Gasteiger partial charge < -0.3 is 24.8 Å². The Morgan fingerprint density at radius 3 is 2.54 bits per heavy atom. The quantitative estimate of drug-likeness (QED) is 0.271. The molecule has 0 spiro atoms. The van der Waals surface area contributed by atoms with Crippen molar-refractivity contribution >= 4 is 40.3 Å². The van der Waals surface area contributed by atoms with Gasteiger partial charge in [-0.1, -0.05) is 32.4 Å². The fraction of sp³-hybridized carbons (Fsp3) is 0.435. The van der Waals surface area contributed by atoms with Crippen molar-refractivity contribution in [2.24, 2.45) is 5.92 Å². The highest BCUT2D eigenvalue weighted by atomic mass is 32.1. The number of benzene rings is 1. The lowest BCUT2D eigenvalue weighted by Crippen LogP contribution is -2.51. The molecule has 1 unspecified atom stereocenters. The highest BCUT2D eigenvalue weighted by Gasteiger charge is 2.47. The molecule has 1 aromatic heterocycles. The van der Waals surface area contributed by atoms with Gasteiger partial charge in [-0.2, -0.15) is 0 Å². The van der Waals surface area contributed by atoms with Crippen molar-refractivity contribution in [2.45, 2.75) is 32.4 Å². The summed E-state index contributed by atoms with van der Waals surface area (Å²) in [5.74, 6) is -1.47. The average Bonchev–Trinajstić information content (AvgIpc) is 3.44. The molecule has 0 saturated carbocycles. The lowest BCUT2D eigenvalue weighted by Gasteiger charge is -2.28. The van der Waals surface area contributed by atoms with Crippen LogP contribution in [0.2, 0.25) is 0 Å². The van der Waals surface area contributed by atoms with Gasteiger partial charge in [0.15, 0.2) is 10.8 Å². The van der Waals surface area contributed by atoms with Gasteiger partial charge in [0, 0.05) is 12.5 Å². The topological polar surface area (TPSA) is 136 Å². The molecule has 3 atom stereocenters. The molecule has 4 amide bonds. The molecule has 11 nitrogen and oxygen atoms in total. The molecule has 1 aliphatic rings. The van der Waals surface area contributed by atoms with Gasteiger partial charge in [0.05, 0.1) is 13.7 Å². The number of ether oxygens (including phenoxy) is 3. The largest absolute Gasteiger partial charge is 0.491 e. The van der Waals surface area contributed by atoms with Crippen LogP contribution in [0, 0.1) is 5.92 Å². The molecule has 0 radical (unpaired) electrons. The molecular weight excluding hydrogens is 476 g/mol. The predicted molar refractivity (Wildman–Crippen MR) is 127 cm³/mol. The number of carbonyl (C=O) groups excluding carboxylic acids is 4. The zero-order chi connectivity index (χ0) is 25.5. The summed E-state index contributed by atoms with van der Waals surface area (Å²) in [6, 6.07) is 4.13. The summed E-state index contributed by atoms with van der Waals surface area (Å²) in [6.45, 7) is 4.47. The summed E-state index contributed by atoms with van der Waals surface area (Å²) in [7, 11) is 2.81. The number of esters is 1. The molecular formula is C23H28N4O7S. The smallest absolute Gasteiger partial charge is 0.357 e. The van der Waals surface area contributed by atoms with Crippen LogP contribution in [0.5, 0.6) is 5.75 Å². The first kappa shape index (κ1) is 26.1. The van der Waals surface area contributed by atoms with E-state index in [0.717, 1.165) is 16.2 Å². The highest BCUT2D eigenvalue weighted by molar-refractivity contribution is 7.14. The Morgan fingerprint density at radius 1 is 1.20 bits per heavy atom. The predicted octanol–water partition coefficient (Wildman–Crippen LogP) is 2.60. The number of nitrogens with zero attached hydrogens (tertiary/aromatic N) is 2. The first-order valence-corrected chi connectivity index (χ1v) is 11.9. The minimum atomic E-state index is -1.07. The van der Waals surface area contributed by atoms with E-state index >= 15 is 0 Å². The SMILES string of the molecule is CC[C@@H](C)C(C(=O)Nc1nc(C(=O)OC)cs1)N1C(=O)N[C@H](c2ccc(OCCOC)cc2)C1=O. The van der Waals surface area contributed by atoms with E-state index in [2.05, 4.69) is 20.4 Å². The molecule has 35 heavy (non-hydrogen) atoms. The third kappa shape index (κ3) is 5.95. The fourth-order valence-corrected chi connectivity index (χ4v) is 4.23. The van der Waals surface area contributed by atoms with Gasteiger partial charge in [-0.25, -0.2) is 19.5 Å². The highest BCUT2D eigenvalue weighted by Crippen LogP contribution is 2.29. The number of thiazole rings is 1. The van der Waals surface area contributed by atoms with Crippen molar-refractivity contribution in [1.29, 1.82) is 0 Å². The van der Waals surface area contributed by atoms with Gasteiger partial charge >= 0.3 is 12.0 Å². The molecule has 3 rings (SSSR count). The standard InChI is InChI=1S/C23H28N4O7S/c1-5-13(2)18(19(28)26-22-24-16(12-35-22)21(30)33-4)27-20(29)17(25-23(27)31)14-6-8-15(9-7-14)34-11-10-32-3/h6-9,12-13,17-18H,5,10-11H2,1-4H3,(H,25,31)(H,24,26,28)/t13-,17-,18?/m1/s1. The van der Waals surface area contributed by atoms with E-state index in [1.165, 1.54) is 12.5 Å². The van der Waals surface area contributed by atoms with Crippen molar-refractivity contribution in [1.82, 2.24) is 15.2 Å². The van der Waals surface area contributed by atoms with Gasteiger partial charge in [0.25, 0.3) is 5.91 Å². The summed E-state index contributed by atoms with van der Waals surface area (Å²) in [4.78, 5) is 56.0. The van der Waals surface area contributed by atoms with E-state index in [9.17, 15) is 19.2 Å². The maximum Gasteiger partial charge on any atom is 0.357 e. The van der Waals surface area contributed by atoms with Gasteiger partial charge in [-0.15, -0.1) is 11.3 Å². The Morgan fingerprint density at radius 2 is 1.91 bits per heavy atom. The zero-order valence-corrected chi connectivity index (χ0v) is 20.7. The molecule has 1 saturated heterocycles. The second-order valence-electron chi connectivity index (χ2n) is 7.85. The Kier molecular flexibility index (Phi) is 8.77. The number of amides is 4. The number of rotatable bonds is 11. The van der Waals surface area contributed by atoms with Gasteiger partial charge in [0.1, 0.15) is 24.4 Å². The number of methoxy groups -OCH3 is 2. The summed E-state index contributed by atoms with van der Waals surface area (Å²) in [5, 5.41) is 6.90. The lowest BCUT2D eigenvalue weighted by molar-refractivity contribution is -0.135. The zero-order valence-electron chi connectivity index (χ0n) is 19.9. The van der Waals surface area contributed by atoms with Crippen molar-refractivity contribution < 1.29 is 33.4 Å². The molecule has 12 heteroatoms. The molecule has 188 valence electrons. The van der Waals surface area contributed by atoms with E-state index in [1.54, 1.807) is 38.3 Å². The average molecular weight is 505 g/mol. The van der Waals surface area contributed by atoms with Crippen LogP contribution in [-0.4, -0.2) is 67.2 Å². The summed E-state index contributed by atoms with van der Waals surface area (Å²) in [5.41, 5.74) is 0.619. The number of hydrogen-bond donors (Lipinski definition) is 2. The van der Waals surface area contributed by atoms with E-state index < -0.39 is 35.9 Å². The van der Waals surface area contributed by atoms with Gasteiger partial charge in [-0.3, -0.25) is 9.59 Å². The Labute approximate surface area is 206 Å². The normalized spacial score (nSPS) is 17.0. The summed E-state index contributed by atoms with van der Waals surface area (Å²) < 4.78 is 15.1. The molecule has 2 aromatic rings. The van der Waals surface area contributed by atoms with Gasteiger partial charge in [-0.05, 0) is 23.6 Å². The van der Waals surface area contributed by atoms with Gasteiger partial charge in [0.2, 0.25) is 5.91 Å². The Hall–Kier alpha value is -3.51. The van der Waals surface area contributed by atoms with Crippen LogP contribution >= 0.6 is 11.3 Å². The van der Waals surface area contributed by atoms with Crippen molar-refractivity contribution in [2.75, 3.05) is 32.8 Å². The number of nitrogens with one attached hydrogen (secondary N) is 2. The van der Waals surface area contributed by atoms with Crippen LogP contribution in [0.1, 0.15) is 42.4 Å². The lowest BCUT2D eigenvalue weighted by atomic mass is 9.96. The molecule has 0 bridgehead atoms. The number of imide groups is 1. The van der Waals surface area contributed by atoms with Crippen LogP contribution in [0.15, 0.2) is 29.6 Å². The van der Waals surface area contributed by atoms with Crippen LogP contribution in [0.4, 0.5) is 9.93 Å². The van der Waals surface area contributed by atoms with Crippen LogP contribution < -0.4 is 15.4 Å². The molecule has 1 aromatic carbocycles. The monoisotopic (exact) mass is 504 g/mol.